The first-order valence-electron chi connectivity index (χ1n) is 10.4. The number of carboxylic acid groups (broad SMARTS) is 1. The monoisotopic (exact) mass is 450 g/mol. The third-order valence-electron chi connectivity index (χ3n) is 5.48. The number of benzene rings is 1. The number of piperazine rings is 1. The second kappa shape index (κ2) is 9.07. The number of urea groups is 1. The van der Waals surface area contributed by atoms with Crippen molar-refractivity contribution in [2.45, 2.75) is 13.5 Å². The number of nitrogens with one attached hydrogen (secondary N) is 1. The highest BCUT2D eigenvalue weighted by Gasteiger charge is 2.25. The Bertz CT molecular complexity index is 1280. The van der Waals surface area contributed by atoms with E-state index in [1.165, 1.54) is 12.4 Å². The Kier molecular flexibility index (Phi) is 6.03. The Morgan fingerprint density at radius 1 is 1.09 bits per heavy atom. The van der Waals surface area contributed by atoms with E-state index in [-0.39, 0.29) is 10.9 Å². The van der Waals surface area contributed by atoms with Gasteiger partial charge in [0.15, 0.2) is 0 Å². The number of amides is 3. The van der Waals surface area contributed by atoms with Gasteiger partial charge in [-0.2, -0.15) is 4.98 Å². The highest BCUT2D eigenvalue weighted by Crippen LogP contribution is 2.16. The lowest BCUT2D eigenvalue weighted by molar-refractivity contribution is 0.0694. The van der Waals surface area contributed by atoms with Crippen molar-refractivity contribution in [2.75, 3.05) is 31.1 Å². The van der Waals surface area contributed by atoms with Crippen molar-refractivity contribution >= 4 is 34.9 Å². The molecule has 0 unspecified atom stereocenters. The molecule has 170 valence electrons. The van der Waals surface area contributed by atoms with Gasteiger partial charge in [0, 0.05) is 50.7 Å². The first-order valence-corrected chi connectivity index (χ1v) is 10.4. The Balaban J connectivity index is 1.47. The van der Waals surface area contributed by atoms with Crippen molar-refractivity contribution in [1.82, 2.24) is 24.8 Å². The van der Waals surface area contributed by atoms with Crippen LogP contribution in [-0.4, -0.2) is 68.6 Å². The van der Waals surface area contributed by atoms with Crippen molar-refractivity contribution in [3.05, 3.63) is 64.1 Å². The molecule has 0 aliphatic carbocycles. The van der Waals surface area contributed by atoms with E-state index >= 15 is 0 Å². The van der Waals surface area contributed by atoms with Gasteiger partial charge >= 0.3 is 12.0 Å². The highest BCUT2D eigenvalue weighted by molar-refractivity contribution is 6.04. The second-order valence-corrected chi connectivity index (χ2v) is 7.47. The Hall–Kier alpha value is -4.28. The average Bonchev–Trinajstić information content (AvgIpc) is 2.84. The van der Waals surface area contributed by atoms with Gasteiger partial charge in [0.05, 0.1) is 5.39 Å². The van der Waals surface area contributed by atoms with Crippen LogP contribution in [-0.2, 0) is 6.54 Å². The van der Waals surface area contributed by atoms with Crippen LogP contribution in [0, 0.1) is 0 Å². The van der Waals surface area contributed by atoms with E-state index in [0.717, 1.165) is 0 Å². The number of pyridine rings is 1. The summed E-state index contributed by atoms with van der Waals surface area (Å²) in [6, 6.07) is 8.03. The number of rotatable bonds is 4. The molecule has 2 N–H and O–H groups in total. The van der Waals surface area contributed by atoms with Crippen LogP contribution in [0.3, 0.4) is 0 Å². The minimum absolute atomic E-state index is 0.137. The summed E-state index contributed by atoms with van der Waals surface area (Å²) in [5.74, 6) is -1.37. The van der Waals surface area contributed by atoms with Gasteiger partial charge in [-0.15, -0.1) is 0 Å². The van der Waals surface area contributed by atoms with Crippen LogP contribution in [0.25, 0.3) is 11.0 Å². The standard InChI is InChI=1S/C22H22N6O5/c1-2-26-13-16(20(31)32)17(29)15-12-23-21(24-18(15)26)27-8-10-28(11-9-27)22(33)25-19(30)14-6-4-3-5-7-14/h3-7,12-13H,2,8-11H2,1H3,(H,31,32)(H,25,30,33). The molecule has 2 aromatic heterocycles. The fraction of sp³-hybridized carbons (Fsp3) is 0.273. The summed E-state index contributed by atoms with van der Waals surface area (Å²) >= 11 is 0. The maximum atomic E-state index is 12.5. The molecular formula is C22H22N6O5. The molecule has 4 rings (SSSR count). The molecule has 33 heavy (non-hydrogen) atoms. The number of carbonyl (C=O) groups excluding carboxylic acids is 2. The molecule has 3 amide bonds. The van der Waals surface area contributed by atoms with Gasteiger partial charge in [-0.1, -0.05) is 18.2 Å². The third-order valence-corrected chi connectivity index (χ3v) is 5.48. The summed E-state index contributed by atoms with van der Waals surface area (Å²) in [7, 11) is 0. The molecule has 11 heteroatoms. The minimum Gasteiger partial charge on any atom is -0.477 e. The SMILES string of the molecule is CCn1cc(C(=O)O)c(=O)c2cnc(N3CCN(C(=O)NC(=O)c4ccccc4)CC3)nc21. The molecule has 0 radical (unpaired) electrons. The van der Waals surface area contributed by atoms with E-state index in [1.54, 1.807) is 39.8 Å². The number of hydrogen-bond donors (Lipinski definition) is 2. The molecule has 0 saturated carbocycles. The lowest BCUT2D eigenvalue weighted by atomic mass is 10.2. The van der Waals surface area contributed by atoms with Crippen LogP contribution in [0.15, 0.2) is 47.5 Å². The summed E-state index contributed by atoms with van der Waals surface area (Å²) in [6.07, 6.45) is 2.63. The number of nitrogens with zero attached hydrogens (tertiary/aromatic N) is 5. The zero-order valence-electron chi connectivity index (χ0n) is 17.9. The predicted octanol–water partition coefficient (Wildman–Crippen LogP) is 1.18. The molecule has 1 aromatic carbocycles. The normalized spacial score (nSPS) is 13.7. The maximum Gasteiger partial charge on any atom is 0.341 e. The molecule has 1 saturated heterocycles. The molecule has 0 atom stereocenters. The summed E-state index contributed by atoms with van der Waals surface area (Å²) in [5.41, 5.74) is -0.197. The number of hydrogen-bond acceptors (Lipinski definition) is 7. The number of carboxylic acids is 1. The van der Waals surface area contributed by atoms with Gasteiger partial charge in [-0.25, -0.2) is 14.6 Å². The number of fused-ring (bicyclic) bond motifs is 1. The highest BCUT2D eigenvalue weighted by atomic mass is 16.4. The lowest BCUT2D eigenvalue weighted by Crippen LogP contribution is -2.53. The van der Waals surface area contributed by atoms with E-state index in [1.807, 2.05) is 11.8 Å². The number of carbonyl (C=O) groups is 3. The smallest absolute Gasteiger partial charge is 0.341 e. The van der Waals surface area contributed by atoms with Crippen molar-refractivity contribution < 1.29 is 19.5 Å². The van der Waals surface area contributed by atoms with Gasteiger partial charge in [0.1, 0.15) is 11.2 Å². The van der Waals surface area contributed by atoms with Crippen LogP contribution < -0.4 is 15.6 Å². The van der Waals surface area contributed by atoms with E-state index in [0.29, 0.717) is 49.9 Å². The quantitative estimate of drug-likeness (QED) is 0.604. The molecule has 0 bridgehead atoms. The number of imide groups is 1. The Labute approximate surface area is 188 Å². The van der Waals surface area contributed by atoms with Gasteiger partial charge in [0.2, 0.25) is 11.4 Å². The van der Waals surface area contributed by atoms with Crippen LogP contribution in [0.4, 0.5) is 10.7 Å². The van der Waals surface area contributed by atoms with Crippen molar-refractivity contribution in [1.29, 1.82) is 0 Å². The molecule has 3 heterocycles. The van der Waals surface area contributed by atoms with Gasteiger partial charge < -0.3 is 19.5 Å². The molecule has 1 aliphatic heterocycles. The largest absolute Gasteiger partial charge is 0.477 e. The topological polar surface area (TPSA) is 138 Å². The van der Waals surface area contributed by atoms with Crippen molar-refractivity contribution in [3.63, 3.8) is 0 Å². The zero-order valence-corrected chi connectivity index (χ0v) is 17.9. The van der Waals surface area contributed by atoms with Crippen molar-refractivity contribution in [2.24, 2.45) is 0 Å². The summed E-state index contributed by atoms with van der Waals surface area (Å²) in [5, 5.41) is 11.8. The van der Waals surface area contributed by atoms with Crippen molar-refractivity contribution in [3.8, 4) is 0 Å². The summed E-state index contributed by atoms with van der Waals surface area (Å²) in [6.45, 7) is 3.83. The van der Waals surface area contributed by atoms with Crippen LogP contribution >= 0.6 is 0 Å². The van der Waals surface area contributed by atoms with E-state index in [2.05, 4.69) is 15.3 Å². The number of aromatic carboxylic acids is 1. The molecule has 3 aromatic rings. The number of aromatic nitrogens is 3. The maximum absolute atomic E-state index is 12.5. The summed E-state index contributed by atoms with van der Waals surface area (Å²) in [4.78, 5) is 60.7. The summed E-state index contributed by atoms with van der Waals surface area (Å²) < 4.78 is 1.60. The fourth-order valence-electron chi connectivity index (χ4n) is 3.66. The molecule has 1 fully saturated rings. The lowest BCUT2D eigenvalue weighted by Gasteiger charge is -2.34. The van der Waals surface area contributed by atoms with E-state index < -0.39 is 23.3 Å². The molecule has 11 nitrogen and oxygen atoms in total. The molecule has 1 aliphatic rings. The molecular weight excluding hydrogens is 428 g/mol. The minimum atomic E-state index is -1.30. The molecule has 0 spiro atoms. The van der Waals surface area contributed by atoms with Gasteiger partial charge in [-0.05, 0) is 19.1 Å². The van der Waals surface area contributed by atoms with Crippen LogP contribution in [0.5, 0.6) is 0 Å². The van der Waals surface area contributed by atoms with Gasteiger partial charge in [0.25, 0.3) is 5.91 Å². The van der Waals surface area contributed by atoms with E-state index in [9.17, 15) is 24.3 Å². The second-order valence-electron chi connectivity index (χ2n) is 7.47. The predicted molar refractivity (Wildman–Crippen MR) is 120 cm³/mol. The third kappa shape index (κ3) is 4.38. The van der Waals surface area contributed by atoms with Gasteiger partial charge in [-0.3, -0.25) is 14.9 Å². The van der Waals surface area contributed by atoms with E-state index in [4.69, 9.17) is 0 Å². The zero-order chi connectivity index (χ0) is 23.5. The Morgan fingerprint density at radius 3 is 2.42 bits per heavy atom. The van der Waals surface area contributed by atoms with Crippen LogP contribution in [0.2, 0.25) is 0 Å². The number of anilines is 1. The first-order chi connectivity index (χ1) is 15.9. The van der Waals surface area contributed by atoms with Crippen LogP contribution in [0.1, 0.15) is 27.6 Å². The fourth-order valence-corrected chi connectivity index (χ4v) is 3.66. The average molecular weight is 450 g/mol. The Morgan fingerprint density at radius 2 is 1.79 bits per heavy atom. The first kappa shape index (κ1) is 21.9. The number of aryl methyl sites for hydroxylation is 1.